The number of alkyl halides is 1. The topological polar surface area (TPSA) is 34.1 Å². The van der Waals surface area contributed by atoms with Gasteiger partial charge in [-0.15, -0.1) is 11.6 Å². The van der Waals surface area contributed by atoms with E-state index in [4.69, 9.17) is 16.3 Å². The fraction of sp³-hybridized carbons (Fsp3) is 0.364. The van der Waals surface area contributed by atoms with Crippen molar-refractivity contribution in [2.45, 2.75) is 6.92 Å². The van der Waals surface area contributed by atoms with E-state index in [1.165, 1.54) is 0 Å². The van der Waals surface area contributed by atoms with Gasteiger partial charge in [0.15, 0.2) is 0 Å². The maximum atomic E-state index is 5.50. The molecule has 15 heavy (non-hydrogen) atoms. The monoisotopic (exact) mass is 226 g/mol. The number of aromatic nitrogens is 1. The number of hydrogen-bond donors (Lipinski definition) is 1. The Balaban J connectivity index is 2.39. The Hall–Kier alpha value is -1.22. The minimum absolute atomic E-state index is 0.545. The van der Waals surface area contributed by atoms with Crippen LogP contribution in [0.3, 0.4) is 0 Å². The maximum absolute atomic E-state index is 5.50. The second-order valence-electron chi connectivity index (χ2n) is 2.82. The lowest BCUT2D eigenvalue weighted by Crippen LogP contribution is -1.99. The predicted molar refractivity (Wildman–Crippen MR) is 63.8 cm³/mol. The number of anilines is 1. The van der Waals surface area contributed by atoms with Crippen LogP contribution in [0.1, 0.15) is 6.92 Å². The second-order valence-corrected chi connectivity index (χ2v) is 3.13. The minimum atomic E-state index is 0.545. The average molecular weight is 227 g/mol. The molecule has 0 unspecified atom stereocenters. The lowest BCUT2D eigenvalue weighted by atomic mass is 10.4. The summed E-state index contributed by atoms with van der Waals surface area (Å²) in [6.07, 6.45) is 5.62. The van der Waals surface area contributed by atoms with Crippen molar-refractivity contribution in [1.29, 1.82) is 0 Å². The molecular formula is C11H15ClN2O. The van der Waals surface area contributed by atoms with Crippen LogP contribution >= 0.6 is 11.6 Å². The van der Waals surface area contributed by atoms with Gasteiger partial charge < -0.3 is 10.1 Å². The van der Waals surface area contributed by atoms with E-state index in [1.807, 2.05) is 31.2 Å². The van der Waals surface area contributed by atoms with E-state index in [0.29, 0.717) is 18.4 Å². The molecule has 0 aliphatic carbocycles. The zero-order chi connectivity index (χ0) is 10.9. The zero-order valence-electron chi connectivity index (χ0n) is 8.74. The number of allylic oxidation sites excluding steroid dienone is 1. The Morgan fingerprint density at radius 2 is 2.33 bits per heavy atom. The summed E-state index contributed by atoms with van der Waals surface area (Å²) in [5.41, 5.74) is 0.970. The summed E-state index contributed by atoms with van der Waals surface area (Å²) in [4.78, 5) is 4.13. The van der Waals surface area contributed by atoms with Gasteiger partial charge in [0.1, 0.15) is 0 Å². The van der Waals surface area contributed by atoms with E-state index in [9.17, 15) is 0 Å². The van der Waals surface area contributed by atoms with Crippen LogP contribution in [0.2, 0.25) is 0 Å². The van der Waals surface area contributed by atoms with Gasteiger partial charge in [0.25, 0.3) is 0 Å². The van der Waals surface area contributed by atoms with Gasteiger partial charge >= 0.3 is 0 Å². The molecule has 0 saturated heterocycles. The molecule has 0 spiro atoms. The van der Waals surface area contributed by atoms with Crippen LogP contribution in [0.4, 0.5) is 5.69 Å². The van der Waals surface area contributed by atoms with Gasteiger partial charge in [-0.05, 0) is 13.0 Å². The largest absolute Gasteiger partial charge is 0.478 e. The quantitative estimate of drug-likeness (QED) is 0.598. The number of nitrogens with one attached hydrogen (secondary N) is 1. The highest BCUT2D eigenvalue weighted by Gasteiger charge is 1.93. The van der Waals surface area contributed by atoms with Crippen molar-refractivity contribution in [3.8, 4) is 5.88 Å². The lowest BCUT2D eigenvalue weighted by Gasteiger charge is -2.04. The number of rotatable bonds is 6. The van der Waals surface area contributed by atoms with Gasteiger partial charge in [-0.25, -0.2) is 4.98 Å². The summed E-state index contributed by atoms with van der Waals surface area (Å²) >= 11 is 5.50. The van der Waals surface area contributed by atoms with Crippen molar-refractivity contribution in [3.05, 3.63) is 30.5 Å². The summed E-state index contributed by atoms with van der Waals surface area (Å²) in [6, 6.07) is 3.78. The first-order chi connectivity index (χ1) is 7.36. The number of pyridine rings is 1. The first-order valence-corrected chi connectivity index (χ1v) is 5.44. The standard InChI is InChI=1S/C11H15ClN2O/c1-2-15-11-6-5-10(9-14-11)13-8-4-3-7-12/h3-6,9,13H,2,7-8H2,1H3/b4-3+. The van der Waals surface area contributed by atoms with Crippen molar-refractivity contribution in [1.82, 2.24) is 4.98 Å². The van der Waals surface area contributed by atoms with Crippen LogP contribution in [0.25, 0.3) is 0 Å². The van der Waals surface area contributed by atoms with Gasteiger partial charge in [-0.3, -0.25) is 0 Å². The molecule has 0 radical (unpaired) electrons. The molecule has 3 nitrogen and oxygen atoms in total. The molecule has 0 bridgehead atoms. The van der Waals surface area contributed by atoms with Crippen molar-refractivity contribution in [2.75, 3.05) is 24.3 Å². The molecule has 1 aromatic rings. The number of ether oxygens (including phenoxy) is 1. The first-order valence-electron chi connectivity index (χ1n) is 4.90. The molecule has 0 amide bonds. The second kappa shape index (κ2) is 7.12. The summed E-state index contributed by atoms with van der Waals surface area (Å²) in [5.74, 6) is 1.20. The van der Waals surface area contributed by atoms with Crippen molar-refractivity contribution in [2.24, 2.45) is 0 Å². The van der Waals surface area contributed by atoms with Crippen LogP contribution in [0, 0.1) is 0 Å². The summed E-state index contributed by atoms with van der Waals surface area (Å²) in [5, 5.41) is 3.19. The Bertz CT molecular complexity index is 298. The van der Waals surface area contributed by atoms with Crippen molar-refractivity contribution >= 4 is 17.3 Å². The normalized spacial score (nSPS) is 10.5. The third kappa shape index (κ3) is 4.70. The predicted octanol–water partition coefficient (Wildman–Crippen LogP) is 2.69. The van der Waals surface area contributed by atoms with Crippen molar-refractivity contribution < 1.29 is 4.74 Å². The number of hydrogen-bond acceptors (Lipinski definition) is 3. The molecule has 1 N–H and O–H groups in total. The molecule has 1 rings (SSSR count). The fourth-order valence-electron chi connectivity index (χ4n) is 1.04. The molecule has 1 aromatic heterocycles. The Labute approximate surface area is 95.1 Å². The van der Waals surface area contributed by atoms with Crippen LogP contribution in [-0.2, 0) is 0 Å². The van der Waals surface area contributed by atoms with Gasteiger partial charge in [0.2, 0.25) is 5.88 Å². The molecule has 82 valence electrons. The van der Waals surface area contributed by atoms with E-state index >= 15 is 0 Å². The number of nitrogens with zero attached hydrogens (tertiary/aromatic N) is 1. The number of halogens is 1. The highest BCUT2D eigenvalue weighted by atomic mass is 35.5. The van der Waals surface area contributed by atoms with E-state index in [2.05, 4.69) is 10.3 Å². The summed E-state index contributed by atoms with van der Waals surface area (Å²) in [7, 11) is 0. The molecule has 0 saturated carbocycles. The summed E-state index contributed by atoms with van der Waals surface area (Å²) in [6.45, 7) is 3.32. The zero-order valence-corrected chi connectivity index (χ0v) is 9.50. The molecule has 0 aliphatic heterocycles. The summed E-state index contributed by atoms with van der Waals surface area (Å²) < 4.78 is 5.23. The van der Waals surface area contributed by atoms with Crippen LogP contribution in [0.15, 0.2) is 30.5 Å². The molecule has 0 atom stereocenters. The maximum Gasteiger partial charge on any atom is 0.213 e. The highest BCUT2D eigenvalue weighted by molar-refractivity contribution is 6.18. The minimum Gasteiger partial charge on any atom is -0.478 e. The van der Waals surface area contributed by atoms with E-state index in [0.717, 1.165) is 12.2 Å². The molecule has 4 heteroatoms. The lowest BCUT2D eigenvalue weighted by molar-refractivity contribution is 0.327. The van der Waals surface area contributed by atoms with Crippen LogP contribution < -0.4 is 10.1 Å². The van der Waals surface area contributed by atoms with Gasteiger partial charge in [-0.1, -0.05) is 12.2 Å². The SMILES string of the molecule is CCOc1ccc(NC/C=C/CCl)cn1. The molecule has 1 heterocycles. The average Bonchev–Trinajstić information content (AvgIpc) is 2.27. The van der Waals surface area contributed by atoms with E-state index in [-0.39, 0.29) is 0 Å². The molecule has 0 fully saturated rings. The van der Waals surface area contributed by atoms with Crippen molar-refractivity contribution in [3.63, 3.8) is 0 Å². The highest BCUT2D eigenvalue weighted by Crippen LogP contribution is 2.10. The van der Waals surface area contributed by atoms with Gasteiger partial charge in [0.05, 0.1) is 18.5 Å². The molecular weight excluding hydrogens is 212 g/mol. The van der Waals surface area contributed by atoms with Crippen LogP contribution in [-0.4, -0.2) is 24.0 Å². The molecule has 0 aromatic carbocycles. The first kappa shape index (κ1) is 11.9. The third-order valence-corrected chi connectivity index (χ3v) is 1.89. The van der Waals surface area contributed by atoms with Crippen LogP contribution in [0.5, 0.6) is 5.88 Å². The Morgan fingerprint density at radius 1 is 1.47 bits per heavy atom. The smallest absolute Gasteiger partial charge is 0.213 e. The fourth-order valence-corrected chi connectivity index (χ4v) is 1.17. The molecule has 0 aliphatic rings. The van der Waals surface area contributed by atoms with E-state index in [1.54, 1.807) is 6.20 Å². The van der Waals surface area contributed by atoms with E-state index < -0.39 is 0 Å². The Kier molecular flexibility index (Phi) is 5.63. The third-order valence-electron chi connectivity index (χ3n) is 1.71. The Morgan fingerprint density at radius 3 is 2.93 bits per heavy atom. The van der Waals surface area contributed by atoms with Gasteiger partial charge in [0, 0.05) is 18.5 Å². The van der Waals surface area contributed by atoms with Gasteiger partial charge in [-0.2, -0.15) is 0 Å².